The largest absolute Gasteiger partial charge is 0.478 e. The number of hydrogen-bond acceptors (Lipinski definition) is 3. The van der Waals surface area contributed by atoms with E-state index in [0.717, 1.165) is 6.07 Å². The lowest BCUT2D eigenvalue weighted by atomic mass is 10.1. The molecule has 3 N–H and O–H groups in total. The molecule has 0 radical (unpaired) electrons. The molecule has 1 heterocycles. The monoisotopic (exact) mass is 266 g/mol. The Morgan fingerprint density at radius 2 is 2.16 bits per heavy atom. The zero-order chi connectivity index (χ0) is 14.0. The molecule has 1 fully saturated rings. The van der Waals surface area contributed by atoms with Gasteiger partial charge in [-0.1, -0.05) is 6.07 Å². The second-order valence-corrected chi connectivity index (χ2v) is 4.16. The van der Waals surface area contributed by atoms with E-state index < -0.39 is 29.2 Å². The highest BCUT2D eigenvalue weighted by Crippen LogP contribution is 2.20. The lowest BCUT2D eigenvalue weighted by molar-refractivity contribution is -0.123. The van der Waals surface area contributed by atoms with Crippen LogP contribution in [0.1, 0.15) is 16.8 Å². The molecule has 0 aromatic heterocycles. The number of nitrogens with one attached hydrogen (secondary N) is 2. The summed E-state index contributed by atoms with van der Waals surface area (Å²) < 4.78 is 13.4. The zero-order valence-corrected chi connectivity index (χ0v) is 9.77. The van der Waals surface area contributed by atoms with Gasteiger partial charge in [0, 0.05) is 13.0 Å². The van der Waals surface area contributed by atoms with Gasteiger partial charge in [0.2, 0.25) is 11.8 Å². The summed E-state index contributed by atoms with van der Waals surface area (Å²) in [5.74, 6) is -3.71. The molecule has 1 atom stereocenters. The topological polar surface area (TPSA) is 95.5 Å². The zero-order valence-electron chi connectivity index (χ0n) is 9.77. The number of carboxylic acids is 1. The minimum Gasteiger partial charge on any atom is -0.478 e. The molecule has 1 saturated heterocycles. The van der Waals surface area contributed by atoms with Crippen molar-refractivity contribution in [2.45, 2.75) is 6.42 Å². The molecule has 6 nitrogen and oxygen atoms in total. The molecular formula is C12H11FN2O4. The lowest BCUT2D eigenvalue weighted by Gasteiger charge is -2.11. The fourth-order valence-electron chi connectivity index (χ4n) is 1.87. The Morgan fingerprint density at radius 3 is 2.74 bits per heavy atom. The van der Waals surface area contributed by atoms with Gasteiger partial charge >= 0.3 is 5.97 Å². The minimum atomic E-state index is -1.46. The number of anilines is 1. The van der Waals surface area contributed by atoms with Crippen molar-refractivity contribution >= 4 is 23.5 Å². The van der Waals surface area contributed by atoms with Crippen LogP contribution in [0.3, 0.4) is 0 Å². The molecule has 0 spiro atoms. The Kier molecular flexibility index (Phi) is 3.46. The molecule has 0 saturated carbocycles. The van der Waals surface area contributed by atoms with Crippen molar-refractivity contribution in [2.24, 2.45) is 5.92 Å². The second kappa shape index (κ2) is 5.05. The Morgan fingerprint density at radius 1 is 1.42 bits per heavy atom. The molecule has 2 rings (SSSR count). The highest BCUT2D eigenvalue weighted by molar-refractivity contribution is 6.02. The third kappa shape index (κ3) is 2.70. The molecule has 1 aliphatic rings. The third-order valence-corrected chi connectivity index (χ3v) is 2.83. The van der Waals surface area contributed by atoms with Crippen molar-refractivity contribution in [3.63, 3.8) is 0 Å². The number of amides is 2. The maximum Gasteiger partial charge on any atom is 0.340 e. The van der Waals surface area contributed by atoms with E-state index in [0.29, 0.717) is 0 Å². The van der Waals surface area contributed by atoms with E-state index in [2.05, 4.69) is 10.6 Å². The Hall–Kier alpha value is -2.44. The number of benzene rings is 1. The quantitative estimate of drug-likeness (QED) is 0.746. The molecule has 19 heavy (non-hydrogen) atoms. The summed E-state index contributed by atoms with van der Waals surface area (Å²) in [6.45, 7) is 0.197. The molecule has 1 aromatic rings. The first-order valence-electron chi connectivity index (χ1n) is 5.58. The van der Waals surface area contributed by atoms with Gasteiger partial charge in [0.25, 0.3) is 0 Å². The fourth-order valence-corrected chi connectivity index (χ4v) is 1.87. The van der Waals surface area contributed by atoms with Crippen LogP contribution >= 0.6 is 0 Å². The van der Waals surface area contributed by atoms with Crippen LogP contribution in [0.25, 0.3) is 0 Å². The summed E-state index contributed by atoms with van der Waals surface area (Å²) in [4.78, 5) is 33.8. The van der Waals surface area contributed by atoms with Crippen LogP contribution in [0.5, 0.6) is 0 Å². The molecule has 1 aromatic carbocycles. The van der Waals surface area contributed by atoms with E-state index in [9.17, 15) is 18.8 Å². The van der Waals surface area contributed by atoms with Gasteiger partial charge in [0.1, 0.15) is 11.4 Å². The van der Waals surface area contributed by atoms with Crippen molar-refractivity contribution < 1.29 is 23.9 Å². The molecular weight excluding hydrogens is 255 g/mol. The highest BCUT2D eigenvalue weighted by atomic mass is 19.1. The summed E-state index contributed by atoms with van der Waals surface area (Å²) >= 11 is 0. The molecule has 0 bridgehead atoms. The Balaban J connectivity index is 2.19. The van der Waals surface area contributed by atoms with Crippen molar-refractivity contribution in [1.29, 1.82) is 0 Å². The predicted molar refractivity (Wildman–Crippen MR) is 63.1 cm³/mol. The maximum absolute atomic E-state index is 13.4. The number of halogens is 1. The van der Waals surface area contributed by atoms with Crippen LogP contribution in [0, 0.1) is 11.7 Å². The van der Waals surface area contributed by atoms with Crippen LogP contribution in [-0.4, -0.2) is 29.4 Å². The van der Waals surface area contributed by atoms with Crippen molar-refractivity contribution in [3.8, 4) is 0 Å². The molecule has 1 aliphatic heterocycles. The first-order valence-corrected chi connectivity index (χ1v) is 5.58. The average molecular weight is 266 g/mol. The van der Waals surface area contributed by atoms with E-state index >= 15 is 0 Å². The van der Waals surface area contributed by atoms with Crippen molar-refractivity contribution in [1.82, 2.24) is 5.32 Å². The average Bonchev–Trinajstić information content (AvgIpc) is 2.75. The van der Waals surface area contributed by atoms with E-state index in [-0.39, 0.29) is 24.6 Å². The maximum atomic E-state index is 13.4. The van der Waals surface area contributed by atoms with Crippen molar-refractivity contribution in [3.05, 3.63) is 29.6 Å². The highest BCUT2D eigenvalue weighted by Gasteiger charge is 2.29. The summed E-state index contributed by atoms with van der Waals surface area (Å²) in [5.41, 5.74) is -0.704. The normalized spacial score (nSPS) is 17.9. The number of rotatable bonds is 3. The van der Waals surface area contributed by atoms with E-state index in [1.165, 1.54) is 12.1 Å². The molecule has 7 heteroatoms. The summed E-state index contributed by atoms with van der Waals surface area (Å²) in [7, 11) is 0. The van der Waals surface area contributed by atoms with Crippen molar-refractivity contribution in [2.75, 3.05) is 11.9 Å². The van der Waals surface area contributed by atoms with Gasteiger partial charge in [-0.2, -0.15) is 0 Å². The van der Waals surface area contributed by atoms with Gasteiger partial charge in [0.15, 0.2) is 0 Å². The summed E-state index contributed by atoms with van der Waals surface area (Å²) in [5, 5.41) is 13.7. The minimum absolute atomic E-state index is 0.0452. The lowest BCUT2D eigenvalue weighted by Crippen LogP contribution is -2.25. The predicted octanol–water partition coefficient (Wildman–Crippen LogP) is 0.599. The molecule has 1 unspecified atom stereocenters. The van der Waals surface area contributed by atoms with Gasteiger partial charge in [-0.15, -0.1) is 0 Å². The van der Waals surface area contributed by atoms with Gasteiger partial charge in [0.05, 0.1) is 11.6 Å². The van der Waals surface area contributed by atoms with Crippen LogP contribution in [0.2, 0.25) is 0 Å². The van der Waals surface area contributed by atoms with Gasteiger partial charge < -0.3 is 15.7 Å². The first kappa shape index (κ1) is 13.0. The number of aromatic carboxylic acids is 1. The number of carbonyl (C=O) groups is 3. The standard InChI is InChI=1S/C12H11FN2O4/c13-7-2-1-3-8(10(7)12(18)19)15-11(17)6-4-9(16)14-5-6/h1-3,6H,4-5H2,(H,14,16)(H,15,17)(H,18,19). The SMILES string of the molecule is O=C1CC(C(=O)Nc2cccc(F)c2C(=O)O)CN1. The number of hydrogen-bond donors (Lipinski definition) is 3. The summed E-state index contributed by atoms with van der Waals surface area (Å²) in [6.07, 6.45) is 0.0452. The number of carboxylic acid groups (broad SMARTS) is 1. The van der Waals surface area contributed by atoms with Gasteiger partial charge in [-0.25, -0.2) is 9.18 Å². The van der Waals surface area contributed by atoms with E-state index in [4.69, 9.17) is 5.11 Å². The van der Waals surface area contributed by atoms with Crippen LogP contribution in [0.4, 0.5) is 10.1 Å². The number of carbonyl (C=O) groups excluding carboxylic acids is 2. The third-order valence-electron chi connectivity index (χ3n) is 2.83. The van der Waals surface area contributed by atoms with Gasteiger partial charge in [-0.3, -0.25) is 9.59 Å². The van der Waals surface area contributed by atoms with E-state index in [1.54, 1.807) is 0 Å². The molecule has 0 aliphatic carbocycles. The second-order valence-electron chi connectivity index (χ2n) is 4.16. The molecule has 100 valence electrons. The van der Waals surface area contributed by atoms with Crippen LogP contribution in [-0.2, 0) is 9.59 Å². The molecule has 2 amide bonds. The fraction of sp³-hybridized carbons (Fsp3) is 0.250. The van der Waals surface area contributed by atoms with E-state index in [1.807, 2.05) is 0 Å². The smallest absolute Gasteiger partial charge is 0.340 e. The first-order chi connectivity index (χ1) is 8.99. The Labute approximate surface area is 107 Å². The van der Waals surface area contributed by atoms with Crippen LogP contribution in [0.15, 0.2) is 18.2 Å². The Bertz CT molecular complexity index is 559. The van der Waals surface area contributed by atoms with Crippen LogP contribution < -0.4 is 10.6 Å². The van der Waals surface area contributed by atoms with Gasteiger partial charge in [-0.05, 0) is 12.1 Å². The summed E-state index contributed by atoms with van der Waals surface area (Å²) in [6, 6.07) is 3.60.